The first-order valence-electron chi connectivity index (χ1n) is 15.4. The number of aromatic nitrogens is 4. The molecule has 0 bridgehead atoms. The Bertz CT molecular complexity index is 2500. The van der Waals surface area contributed by atoms with Crippen molar-refractivity contribution >= 4 is 43.4 Å². The largest absolute Gasteiger partial charge is 0.256 e. The normalized spacial score (nSPS) is 11.5. The molecule has 9 aromatic rings. The first-order chi connectivity index (χ1) is 22.8. The van der Waals surface area contributed by atoms with Gasteiger partial charge in [-0.05, 0) is 35.0 Å². The fraction of sp³-hybridized carbons (Fsp3) is 0. The van der Waals surface area contributed by atoms with Gasteiger partial charge in [0, 0.05) is 50.0 Å². The molecule has 6 aromatic carbocycles. The molecule has 0 fully saturated rings. The van der Waals surface area contributed by atoms with E-state index in [0.717, 1.165) is 66.5 Å². The molecule has 0 N–H and O–H groups in total. The molecular formula is C42H26N4. The molecule has 46 heavy (non-hydrogen) atoms. The Balaban J connectivity index is 1.31. The van der Waals surface area contributed by atoms with E-state index in [1.54, 1.807) is 0 Å². The highest BCUT2D eigenvalue weighted by molar-refractivity contribution is 6.23. The summed E-state index contributed by atoms with van der Waals surface area (Å²) in [6, 6.07) is 52.3. The smallest absolute Gasteiger partial charge is 0.160 e. The monoisotopic (exact) mass is 586 g/mol. The van der Waals surface area contributed by atoms with Crippen LogP contribution in [-0.4, -0.2) is 19.9 Å². The van der Waals surface area contributed by atoms with Gasteiger partial charge in [-0.25, -0.2) is 15.0 Å². The summed E-state index contributed by atoms with van der Waals surface area (Å²) < 4.78 is 0. The lowest BCUT2D eigenvalue weighted by Crippen LogP contribution is -1.97. The highest BCUT2D eigenvalue weighted by Gasteiger charge is 2.19. The molecule has 214 valence electrons. The molecule has 0 amide bonds. The molecule has 0 unspecified atom stereocenters. The van der Waals surface area contributed by atoms with Gasteiger partial charge in [-0.15, -0.1) is 0 Å². The van der Waals surface area contributed by atoms with Gasteiger partial charge >= 0.3 is 0 Å². The van der Waals surface area contributed by atoms with Gasteiger partial charge in [-0.1, -0.05) is 127 Å². The Labute approximate surface area is 265 Å². The van der Waals surface area contributed by atoms with Gasteiger partial charge in [-0.2, -0.15) is 0 Å². The van der Waals surface area contributed by atoms with Gasteiger partial charge in [0.05, 0.1) is 28.1 Å². The highest BCUT2D eigenvalue weighted by atomic mass is 14.9. The van der Waals surface area contributed by atoms with Crippen molar-refractivity contribution in [3.8, 4) is 45.2 Å². The molecule has 0 radical (unpaired) electrons. The zero-order chi connectivity index (χ0) is 30.5. The maximum Gasteiger partial charge on any atom is 0.160 e. The number of hydrogen-bond donors (Lipinski definition) is 0. The fourth-order valence-electron chi connectivity index (χ4n) is 6.57. The highest BCUT2D eigenvalue weighted by Crippen LogP contribution is 2.41. The van der Waals surface area contributed by atoms with E-state index in [2.05, 4.69) is 109 Å². The Morgan fingerprint density at radius 1 is 0.413 bits per heavy atom. The fourth-order valence-corrected chi connectivity index (χ4v) is 6.57. The van der Waals surface area contributed by atoms with Crippen LogP contribution in [0.3, 0.4) is 0 Å². The molecule has 4 heteroatoms. The number of nitrogens with zero attached hydrogens (tertiary/aromatic N) is 4. The number of benzene rings is 6. The van der Waals surface area contributed by atoms with Gasteiger partial charge in [-0.3, -0.25) is 4.98 Å². The van der Waals surface area contributed by atoms with Gasteiger partial charge < -0.3 is 0 Å². The molecule has 4 nitrogen and oxygen atoms in total. The SMILES string of the molecule is c1ccc(-c2cc(-c3ccc(-c4nc5ccccc5c5c4ccc4ccccc45)c4ncccc34)nc(-c3ccccc3)n2)cc1. The Kier molecular flexibility index (Phi) is 6.10. The molecule has 0 saturated carbocycles. The minimum absolute atomic E-state index is 0.687. The Morgan fingerprint density at radius 2 is 1.09 bits per heavy atom. The second-order valence-corrected chi connectivity index (χ2v) is 11.4. The minimum atomic E-state index is 0.687. The third-order valence-electron chi connectivity index (χ3n) is 8.72. The second kappa shape index (κ2) is 10.7. The average Bonchev–Trinajstić information content (AvgIpc) is 3.14. The van der Waals surface area contributed by atoms with Crippen LogP contribution in [-0.2, 0) is 0 Å². The molecular weight excluding hydrogens is 560 g/mol. The van der Waals surface area contributed by atoms with Crippen LogP contribution in [0.15, 0.2) is 158 Å². The summed E-state index contributed by atoms with van der Waals surface area (Å²) in [7, 11) is 0. The lowest BCUT2D eigenvalue weighted by atomic mass is 9.93. The number of hydrogen-bond acceptors (Lipinski definition) is 4. The van der Waals surface area contributed by atoms with E-state index >= 15 is 0 Å². The van der Waals surface area contributed by atoms with Crippen molar-refractivity contribution in [2.24, 2.45) is 0 Å². The summed E-state index contributed by atoms with van der Waals surface area (Å²) in [6.45, 7) is 0. The van der Waals surface area contributed by atoms with Crippen molar-refractivity contribution in [2.75, 3.05) is 0 Å². The van der Waals surface area contributed by atoms with E-state index in [9.17, 15) is 0 Å². The zero-order valence-electron chi connectivity index (χ0n) is 24.8. The predicted molar refractivity (Wildman–Crippen MR) is 189 cm³/mol. The van der Waals surface area contributed by atoms with Crippen molar-refractivity contribution in [3.63, 3.8) is 0 Å². The maximum atomic E-state index is 5.27. The topological polar surface area (TPSA) is 51.6 Å². The first-order valence-corrected chi connectivity index (χ1v) is 15.4. The number of para-hydroxylation sites is 1. The second-order valence-electron chi connectivity index (χ2n) is 11.4. The molecule has 9 rings (SSSR count). The van der Waals surface area contributed by atoms with Crippen LogP contribution in [0.2, 0.25) is 0 Å². The quantitative estimate of drug-likeness (QED) is 0.193. The summed E-state index contributed by atoms with van der Waals surface area (Å²) in [5.74, 6) is 0.687. The average molecular weight is 587 g/mol. The van der Waals surface area contributed by atoms with Crippen LogP contribution < -0.4 is 0 Å². The molecule has 0 saturated heterocycles. The number of pyridine rings is 2. The van der Waals surface area contributed by atoms with Crippen LogP contribution in [0.5, 0.6) is 0 Å². The van der Waals surface area contributed by atoms with Crippen LogP contribution in [0.4, 0.5) is 0 Å². The Hall–Kier alpha value is -6.26. The maximum absolute atomic E-state index is 5.27. The van der Waals surface area contributed by atoms with Crippen molar-refractivity contribution in [2.45, 2.75) is 0 Å². The van der Waals surface area contributed by atoms with E-state index < -0.39 is 0 Å². The van der Waals surface area contributed by atoms with Crippen molar-refractivity contribution in [3.05, 3.63) is 158 Å². The summed E-state index contributed by atoms with van der Waals surface area (Å²) >= 11 is 0. The zero-order valence-corrected chi connectivity index (χ0v) is 24.8. The standard InChI is InChI=1S/C42H26N4/c1-3-13-28(14-4-1)37-26-38(46-42(45-37)29-15-5-2-6-16-29)31-23-24-35(40-32(31)19-11-25-43-40)41-34-22-21-27-12-7-8-17-30(27)39(34)33-18-9-10-20-36(33)44-41/h1-26H. The van der Waals surface area contributed by atoms with Crippen LogP contribution in [0.1, 0.15) is 0 Å². The van der Waals surface area contributed by atoms with Gasteiger partial charge in [0.25, 0.3) is 0 Å². The van der Waals surface area contributed by atoms with Crippen LogP contribution in [0, 0.1) is 0 Å². The lowest BCUT2D eigenvalue weighted by Gasteiger charge is -2.15. The number of fused-ring (bicyclic) bond motifs is 6. The van der Waals surface area contributed by atoms with Crippen molar-refractivity contribution in [1.29, 1.82) is 0 Å². The molecule has 0 aliphatic rings. The van der Waals surface area contributed by atoms with Crippen molar-refractivity contribution < 1.29 is 0 Å². The third kappa shape index (κ3) is 4.31. The van der Waals surface area contributed by atoms with Gasteiger partial charge in [0.15, 0.2) is 5.82 Å². The summed E-state index contributed by atoms with van der Waals surface area (Å²) in [6.07, 6.45) is 1.86. The van der Waals surface area contributed by atoms with Crippen LogP contribution >= 0.6 is 0 Å². The van der Waals surface area contributed by atoms with Gasteiger partial charge in [0.2, 0.25) is 0 Å². The van der Waals surface area contributed by atoms with Gasteiger partial charge in [0.1, 0.15) is 0 Å². The van der Waals surface area contributed by atoms with E-state index in [-0.39, 0.29) is 0 Å². The van der Waals surface area contributed by atoms with E-state index in [1.165, 1.54) is 16.2 Å². The van der Waals surface area contributed by atoms with E-state index in [1.807, 2.05) is 48.7 Å². The molecule has 0 spiro atoms. The number of rotatable bonds is 4. The lowest BCUT2D eigenvalue weighted by molar-refractivity contribution is 1.18. The third-order valence-corrected chi connectivity index (χ3v) is 8.72. The molecule has 3 heterocycles. The Morgan fingerprint density at radius 3 is 1.93 bits per heavy atom. The molecule has 0 atom stereocenters. The van der Waals surface area contributed by atoms with Crippen molar-refractivity contribution in [1.82, 2.24) is 19.9 Å². The van der Waals surface area contributed by atoms with Crippen LogP contribution in [0.25, 0.3) is 88.5 Å². The predicted octanol–water partition coefficient (Wildman–Crippen LogP) is 10.5. The first kappa shape index (κ1) is 26.2. The molecule has 0 aliphatic carbocycles. The molecule has 0 aliphatic heterocycles. The summed E-state index contributed by atoms with van der Waals surface area (Å²) in [5.41, 5.74) is 8.50. The van der Waals surface area contributed by atoms with E-state index in [4.69, 9.17) is 19.9 Å². The summed E-state index contributed by atoms with van der Waals surface area (Å²) in [5, 5.41) is 6.91. The van der Waals surface area contributed by atoms with E-state index in [0.29, 0.717) is 5.82 Å². The summed E-state index contributed by atoms with van der Waals surface area (Å²) in [4.78, 5) is 20.4. The molecule has 3 aromatic heterocycles. The minimum Gasteiger partial charge on any atom is -0.256 e.